The third-order valence-electron chi connectivity index (χ3n) is 4.50. The van der Waals surface area contributed by atoms with Crippen molar-refractivity contribution in [3.05, 3.63) is 94.5 Å². The summed E-state index contributed by atoms with van der Waals surface area (Å²) in [7, 11) is 0. The monoisotopic (exact) mass is 350 g/mol. The molecule has 0 aliphatic carbocycles. The van der Waals surface area contributed by atoms with Gasteiger partial charge in [0.15, 0.2) is 0 Å². The average Bonchev–Trinajstić information content (AvgIpc) is 2.61. The summed E-state index contributed by atoms with van der Waals surface area (Å²) >= 11 is 5.94. The van der Waals surface area contributed by atoms with E-state index in [0.29, 0.717) is 0 Å². The van der Waals surface area contributed by atoms with E-state index in [1.807, 2.05) is 60.7 Å². The second-order valence-corrected chi connectivity index (χ2v) is 7.84. The van der Waals surface area contributed by atoms with Crippen LogP contribution in [0.5, 0.6) is 0 Å². The third kappa shape index (κ3) is 4.12. The Hall–Kier alpha value is -2.09. The first-order valence-electron chi connectivity index (χ1n) is 8.49. The van der Waals surface area contributed by atoms with Gasteiger partial charge in [-0.3, -0.25) is 0 Å². The van der Waals surface area contributed by atoms with E-state index < -0.39 is 6.10 Å². The fourth-order valence-corrected chi connectivity index (χ4v) is 2.98. The molecule has 2 heteroatoms. The van der Waals surface area contributed by atoms with Gasteiger partial charge in [0.05, 0.1) is 0 Å². The summed E-state index contributed by atoms with van der Waals surface area (Å²) in [4.78, 5) is 0. The lowest BCUT2D eigenvalue weighted by molar-refractivity contribution is 0.220. The Morgan fingerprint density at radius 2 is 1.08 bits per heavy atom. The second-order valence-electron chi connectivity index (χ2n) is 7.40. The van der Waals surface area contributed by atoms with Gasteiger partial charge in [-0.05, 0) is 45.4 Å². The number of aliphatic hydroxyl groups excluding tert-OH is 1. The highest BCUT2D eigenvalue weighted by Crippen LogP contribution is 2.28. The van der Waals surface area contributed by atoms with Crippen LogP contribution >= 0.6 is 11.6 Å². The van der Waals surface area contributed by atoms with Gasteiger partial charge in [0.25, 0.3) is 0 Å². The van der Waals surface area contributed by atoms with Gasteiger partial charge in [0, 0.05) is 5.02 Å². The molecular formula is C23H23ClO. The summed E-state index contributed by atoms with van der Waals surface area (Å²) in [5, 5.41) is 11.4. The third-order valence-corrected chi connectivity index (χ3v) is 4.75. The van der Waals surface area contributed by atoms with E-state index in [4.69, 9.17) is 11.6 Å². The van der Waals surface area contributed by atoms with Gasteiger partial charge in [0.2, 0.25) is 0 Å². The summed E-state index contributed by atoms with van der Waals surface area (Å²) < 4.78 is 0. The molecule has 1 atom stereocenters. The lowest BCUT2D eigenvalue weighted by atomic mass is 9.86. The SMILES string of the molecule is CC(C)(C)c1ccc([C@@H](O)c2ccc(-c3ccc(Cl)cc3)cc2)cc1. The predicted octanol–water partition coefficient (Wildman–Crippen LogP) is 6.39. The van der Waals surface area contributed by atoms with E-state index in [9.17, 15) is 5.11 Å². The molecule has 1 N–H and O–H groups in total. The highest BCUT2D eigenvalue weighted by atomic mass is 35.5. The fraction of sp³-hybridized carbons (Fsp3) is 0.217. The smallest absolute Gasteiger partial charge is 0.104 e. The van der Waals surface area contributed by atoms with Crippen LogP contribution in [-0.4, -0.2) is 5.11 Å². The van der Waals surface area contributed by atoms with Crippen LogP contribution in [0.4, 0.5) is 0 Å². The molecule has 0 fully saturated rings. The van der Waals surface area contributed by atoms with E-state index in [2.05, 4.69) is 32.9 Å². The van der Waals surface area contributed by atoms with Gasteiger partial charge in [-0.25, -0.2) is 0 Å². The minimum atomic E-state index is -0.617. The number of hydrogen-bond donors (Lipinski definition) is 1. The topological polar surface area (TPSA) is 20.2 Å². The fourth-order valence-electron chi connectivity index (χ4n) is 2.86. The van der Waals surface area contributed by atoms with Crippen LogP contribution in [-0.2, 0) is 5.41 Å². The number of hydrogen-bond acceptors (Lipinski definition) is 1. The minimum absolute atomic E-state index is 0.115. The van der Waals surface area contributed by atoms with Crippen LogP contribution in [0.1, 0.15) is 43.6 Å². The number of halogens is 1. The Bertz CT molecular complexity index is 825. The molecule has 3 aromatic rings. The standard InChI is InChI=1S/C23H23ClO/c1-23(2,3)20-12-8-19(9-13-20)22(25)18-6-4-16(5-7-18)17-10-14-21(24)15-11-17/h4-15,22,25H,1-3H3/t22-/m0/s1. The van der Waals surface area contributed by atoms with Crippen LogP contribution < -0.4 is 0 Å². The molecule has 0 aliphatic rings. The van der Waals surface area contributed by atoms with Gasteiger partial charge in [-0.15, -0.1) is 0 Å². The summed E-state index contributed by atoms with van der Waals surface area (Å²) in [5.74, 6) is 0. The summed E-state index contributed by atoms with van der Waals surface area (Å²) in [5.41, 5.74) is 5.40. The molecule has 0 spiro atoms. The maximum atomic E-state index is 10.7. The molecule has 128 valence electrons. The maximum Gasteiger partial charge on any atom is 0.104 e. The second kappa shape index (κ2) is 7.03. The van der Waals surface area contributed by atoms with Crippen molar-refractivity contribution >= 4 is 11.6 Å². The number of aliphatic hydroxyl groups is 1. The molecule has 0 aliphatic heterocycles. The zero-order valence-electron chi connectivity index (χ0n) is 14.8. The van der Waals surface area contributed by atoms with E-state index in [1.54, 1.807) is 0 Å². The van der Waals surface area contributed by atoms with Crippen molar-refractivity contribution in [3.63, 3.8) is 0 Å². The van der Waals surface area contributed by atoms with Crippen molar-refractivity contribution in [2.75, 3.05) is 0 Å². The molecule has 0 unspecified atom stereocenters. The molecule has 1 nitrogen and oxygen atoms in total. The molecule has 3 aromatic carbocycles. The molecule has 0 heterocycles. The molecule has 0 saturated carbocycles. The Morgan fingerprint density at radius 3 is 1.52 bits per heavy atom. The van der Waals surface area contributed by atoms with Crippen molar-refractivity contribution in [2.45, 2.75) is 32.3 Å². The Kier molecular flexibility index (Phi) is 4.99. The zero-order chi connectivity index (χ0) is 18.0. The lowest BCUT2D eigenvalue weighted by Gasteiger charge is -2.20. The van der Waals surface area contributed by atoms with Crippen molar-refractivity contribution < 1.29 is 5.11 Å². The van der Waals surface area contributed by atoms with E-state index >= 15 is 0 Å². The highest BCUT2D eigenvalue weighted by molar-refractivity contribution is 6.30. The van der Waals surface area contributed by atoms with Crippen molar-refractivity contribution in [2.24, 2.45) is 0 Å². The van der Waals surface area contributed by atoms with Crippen molar-refractivity contribution in [3.8, 4) is 11.1 Å². The highest BCUT2D eigenvalue weighted by Gasteiger charge is 2.15. The van der Waals surface area contributed by atoms with Gasteiger partial charge in [-0.2, -0.15) is 0 Å². The molecule has 0 saturated heterocycles. The van der Waals surface area contributed by atoms with E-state index in [0.717, 1.165) is 27.3 Å². The molecule has 3 rings (SSSR count). The Labute approximate surface area is 154 Å². The molecule has 0 radical (unpaired) electrons. The van der Waals surface area contributed by atoms with Gasteiger partial charge in [-0.1, -0.05) is 93.0 Å². The molecule has 0 aromatic heterocycles. The van der Waals surface area contributed by atoms with E-state index in [-0.39, 0.29) is 5.41 Å². The van der Waals surface area contributed by atoms with Crippen molar-refractivity contribution in [1.29, 1.82) is 0 Å². The zero-order valence-corrected chi connectivity index (χ0v) is 15.6. The largest absolute Gasteiger partial charge is 0.384 e. The minimum Gasteiger partial charge on any atom is -0.384 e. The number of benzene rings is 3. The Balaban J connectivity index is 1.80. The van der Waals surface area contributed by atoms with Crippen LogP contribution in [0.2, 0.25) is 5.02 Å². The average molecular weight is 351 g/mol. The molecule has 0 bridgehead atoms. The first-order valence-corrected chi connectivity index (χ1v) is 8.87. The summed E-state index contributed by atoms with van der Waals surface area (Å²) in [6.07, 6.45) is -0.617. The van der Waals surface area contributed by atoms with Crippen LogP contribution in [0.25, 0.3) is 11.1 Å². The Morgan fingerprint density at radius 1 is 0.680 bits per heavy atom. The molecular weight excluding hydrogens is 328 g/mol. The number of rotatable bonds is 3. The summed E-state index contributed by atoms with van der Waals surface area (Å²) in [6, 6.07) is 24.0. The molecule has 25 heavy (non-hydrogen) atoms. The lowest BCUT2D eigenvalue weighted by Crippen LogP contribution is -2.11. The van der Waals surface area contributed by atoms with Gasteiger partial charge in [0.1, 0.15) is 6.10 Å². The van der Waals surface area contributed by atoms with Crippen LogP contribution in [0.3, 0.4) is 0 Å². The normalized spacial score (nSPS) is 12.8. The van der Waals surface area contributed by atoms with Gasteiger partial charge >= 0.3 is 0 Å². The quantitative estimate of drug-likeness (QED) is 0.580. The summed E-state index contributed by atoms with van der Waals surface area (Å²) in [6.45, 7) is 6.57. The maximum absolute atomic E-state index is 10.7. The van der Waals surface area contributed by atoms with E-state index in [1.165, 1.54) is 5.56 Å². The first-order chi connectivity index (χ1) is 11.8. The first kappa shape index (κ1) is 17.7. The van der Waals surface area contributed by atoms with Crippen LogP contribution in [0.15, 0.2) is 72.8 Å². The van der Waals surface area contributed by atoms with Crippen LogP contribution in [0, 0.1) is 0 Å². The van der Waals surface area contributed by atoms with Crippen molar-refractivity contribution in [1.82, 2.24) is 0 Å². The molecule has 0 amide bonds. The van der Waals surface area contributed by atoms with Gasteiger partial charge < -0.3 is 5.11 Å². The predicted molar refractivity (Wildman–Crippen MR) is 106 cm³/mol.